The molecule has 0 saturated carbocycles. The Morgan fingerprint density at radius 1 is 1.19 bits per heavy atom. The van der Waals surface area contributed by atoms with Crippen LogP contribution in [0.25, 0.3) is 11.3 Å². The molecule has 9 heteroatoms. The minimum absolute atomic E-state index is 0.0124. The van der Waals surface area contributed by atoms with Crippen LogP contribution in [-0.4, -0.2) is 39.5 Å². The molecule has 0 atom stereocenters. The SMILES string of the molecule is Nc1nnc(-c2cc(F)c(F)cc2O)cc1N1CCC(CC(=O)O)CC1. The Balaban J connectivity index is 1.85. The molecule has 0 spiro atoms. The second-order valence-electron chi connectivity index (χ2n) is 6.31. The number of phenolic OH excluding ortho intramolecular Hbond substituents is 1. The van der Waals surface area contributed by atoms with Gasteiger partial charge in [-0.25, -0.2) is 8.78 Å². The Labute approximate surface area is 148 Å². The monoisotopic (exact) mass is 364 g/mol. The lowest BCUT2D eigenvalue weighted by Crippen LogP contribution is -2.35. The number of hydrogen-bond donors (Lipinski definition) is 3. The number of hydrogen-bond acceptors (Lipinski definition) is 6. The predicted molar refractivity (Wildman–Crippen MR) is 90.7 cm³/mol. The van der Waals surface area contributed by atoms with Gasteiger partial charge in [0, 0.05) is 31.1 Å². The van der Waals surface area contributed by atoms with E-state index in [9.17, 15) is 18.7 Å². The summed E-state index contributed by atoms with van der Waals surface area (Å²) in [5, 5.41) is 26.5. The van der Waals surface area contributed by atoms with E-state index in [1.807, 2.05) is 4.90 Å². The summed E-state index contributed by atoms with van der Waals surface area (Å²) in [4.78, 5) is 12.8. The number of nitrogens with two attached hydrogens (primary N) is 1. The number of piperidine rings is 1. The van der Waals surface area contributed by atoms with Gasteiger partial charge in [0.25, 0.3) is 0 Å². The molecule has 138 valence electrons. The van der Waals surface area contributed by atoms with E-state index in [0.29, 0.717) is 37.7 Å². The van der Waals surface area contributed by atoms with Gasteiger partial charge in [-0.1, -0.05) is 0 Å². The van der Waals surface area contributed by atoms with Crippen molar-refractivity contribution in [3.63, 3.8) is 0 Å². The minimum Gasteiger partial charge on any atom is -0.507 e. The van der Waals surface area contributed by atoms with E-state index < -0.39 is 23.4 Å². The number of phenols is 1. The molecule has 0 aliphatic carbocycles. The highest BCUT2D eigenvalue weighted by Gasteiger charge is 2.24. The fourth-order valence-corrected chi connectivity index (χ4v) is 3.14. The standard InChI is InChI=1S/C17H18F2N4O3/c18-11-6-10(15(24)7-12(11)19)13-8-14(17(20)22-21-13)23-3-1-9(2-4-23)5-16(25)26/h6-9,24H,1-5H2,(H2,20,22)(H,25,26). The average Bonchev–Trinajstić information content (AvgIpc) is 2.59. The second kappa shape index (κ2) is 7.11. The van der Waals surface area contributed by atoms with Crippen LogP contribution in [0.4, 0.5) is 20.3 Å². The van der Waals surface area contributed by atoms with Crippen LogP contribution in [0.15, 0.2) is 18.2 Å². The third kappa shape index (κ3) is 3.66. The van der Waals surface area contributed by atoms with Crippen LogP contribution in [0.3, 0.4) is 0 Å². The molecule has 1 aromatic heterocycles. The second-order valence-corrected chi connectivity index (χ2v) is 6.31. The van der Waals surface area contributed by atoms with E-state index in [1.165, 1.54) is 0 Å². The van der Waals surface area contributed by atoms with Crippen LogP contribution in [-0.2, 0) is 4.79 Å². The number of carboxylic acids is 1. The smallest absolute Gasteiger partial charge is 0.303 e. The van der Waals surface area contributed by atoms with Gasteiger partial charge in [-0.3, -0.25) is 4.79 Å². The topological polar surface area (TPSA) is 113 Å². The Morgan fingerprint density at radius 2 is 1.85 bits per heavy atom. The fraction of sp³-hybridized carbons (Fsp3) is 0.353. The minimum atomic E-state index is -1.16. The van der Waals surface area contributed by atoms with Gasteiger partial charge in [0.15, 0.2) is 17.5 Å². The molecule has 26 heavy (non-hydrogen) atoms. The summed E-state index contributed by atoms with van der Waals surface area (Å²) in [6, 6.07) is 3.10. The third-order valence-corrected chi connectivity index (χ3v) is 4.53. The van der Waals surface area contributed by atoms with E-state index >= 15 is 0 Å². The zero-order chi connectivity index (χ0) is 18.8. The molecule has 3 rings (SSSR count). The van der Waals surface area contributed by atoms with Crippen molar-refractivity contribution in [1.82, 2.24) is 10.2 Å². The highest BCUT2D eigenvalue weighted by molar-refractivity contribution is 5.74. The number of aromatic nitrogens is 2. The Morgan fingerprint density at radius 3 is 2.50 bits per heavy atom. The molecule has 2 heterocycles. The van der Waals surface area contributed by atoms with Crippen molar-refractivity contribution in [3.8, 4) is 17.0 Å². The Bertz CT molecular complexity index is 839. The maximum Gasteiger partial charge on any atom is 0.303 e. The van der Waals surface area contributed by atoms with E-state index in [-0.39, 0.29) is 29.4 Å². The van der Waals surface area contributed by atoms with Crippen molar-refractivity contribution < 1.29 is 23.8 Å². The summed E-state index contributed by atoms with van der Waals surface area (Å²) in [6.07, 6.45) is 1.52. The maximum absolute atomic E-state index is 13.5. The van der Waals surface area contributed by atoms with Crippen LogP contribution in [0, 0.1) is 17.6 Å². The van der Waals surface area contributed by atoms with Crippen molar-refractivity contribution in [2.45, 2.75) is 19.3 Å². The van der Waals surface area contributed by atoms with Gasteiger partial charge in [0.1, 0.15) is 5.75 Å². The number of benzene rings is 1. The summed E-state index contributed by atoms with van der Waals surface area (Å²) in [5.74, 6) is -3.25. The first-order chi connectivity index (χ1) is 12.3. The molecule has 1 aliphatic rings. The molecule has 0 amide bonds. The number of halogens is 2. The largest absolute Gasteiger partial charge is 0.507 e. The van der Waals surface area contributed by atoms with Crippen molar-refractivity contribution in [3.05, 3.63) is 29.8 Å². The lowest BCUT2D eigenvalue weighted by molar-refractivity contribution is -0.138. The van der Waals surface area contributed by atoms with E-state index in [0.717, 1.165) is 6.07 Å². The first-order valence-corrected chi connectivity index (χ1v) is 8.13. The molecule has 2 aromatic rings. The van der Waals surface area contributed by atoms with Crippen LogP contribution < -0.4 is 10.6 Å². The zero-order valence-electron chi connectivity index (χ0n) is 13.8. The molecule has 1 saturated heterocycles. The van der Waals surface area contributed by atoms with Crippen LogP contribution in [0.1, 0.15) is 19.3 Å². The number of nitrogens with zero attached hydrogens (tertiary/aromatic N) is 3. The zero-order valence-corrected chi connectivity index (χ0v) is 13.8. The van der Waals surface area contributed by atoms with Gasteiger partial charge in [0.2, 0.25) is 0 Å². The van der Waals surface area contributed by atoms with Gasteiger partial charge >= 0.3 is 5.97 Å². The number of aliphatic carboxylic acids is 1. The summed E-state index contributed by atoms with van der Waals surface area (Å²) in [6.45, 7) is 1.19. The number of carbonyl (C=O) groups is 1. The molecule has 0 radical (unpaired) electrons. The summed E-state index contributed by atoms with van der Waals surface area (Å²) >= 11 is 0. The number of aromatic hydroxyl groups is 1. The summed E-state index contributed by atoms with van der Waals surface area (Å²) in [7, 11) is 0. The van der Waals surface area contributed by atoms with Crippen molar-refractivity contribution in [2.24, 2.45) is 5.92 Å². The first kappa shape index (κ1) is 17.8. The quantitative estimate of drug-likeness (QED) is 0.763. The van der Waals surface area contributed by atoms with Crippen molar-refractivity contribution >= 4 is 17.5 Å². The van der Waals surface area contributed by atoms with Gasteiger partial charge < -0.3 is 20.8 Å². The number of rotatable bonds is 4. The Kier molecular flexibility index (Phi) is 4.88. The number of anilines is 2. The third-order valence-electron chi connectivity index (χ3n) is 4.53. The highest BCUT2D eigenvalue weighted by atomic mass is 19.2. The molecular formula is C17H18F2N4O3. The number of carboxylic acid groups (broad SMARTS) is 1. The summed E-state index contributed by atoms with van der Waals surface area (Å²) < 4.78 is 26.7. The van der Waals surface area contributed by atoms with Gasteiger partial charge in [-0.15, -0.1) is 10.2 Å². The van der Waals surface area contributed by atoms with Gasteiger partial charge in [-0.2, -0.15) is 0 Å². The number of nitrogen functional groups attached to an aromatic ring is 1. The lowest BCUT2D eigenvalue weighted by Gasteiger charge is -2.33. The molecule has 0 bridgehead atoms. The lowest BCUT2D eigenvalue weighted by atomic mass is 9.93. The van der Waals surface area contributed by atoms with Crippen LogP contribution in [0.5, 0.6) is 5.75 Å². The van der Waals surface area contributed by atoms with Gasteiger partial charge in [0.05, 0.1) is 11.4 Å². The van der Waals surface area contributed by atoms with Crippen LogP contribution >= 0.6 is 0 Å². The van der Waals surface area contributed by atoms with E-state index in [4.69, 9.17) is 10.8 Å². The molecule has 7 nitrogen and oxygen atoms in total. The fourth-order valence-electron chi connectivity index (χ4n) is 3.14. The predicted octanol–water partition coefficient (Wildman–Crippen LogP) is 2.40. The molecule has 1 aliphatic heterocycles. The highest BCUT2D eigenvalue weighted by Crippen LogP contribution is 2.34. The van der Waals surface area contributed by atoms with E-state index in [1.54, 1.807) is 6.07 Å². The van der Waals surface area contributed by atoms with Crippen LogP contribution in [0.2, 0.25) is 0 Å². The first-order valence-electron chi connectivity index (χ1n) is 8.13. The molecule has 1 fully saturated rings. The average molecular weight is 364 g/mol. The Hall–Kier alpha value is -2.97. The maximum atomic E-state index is 13.5. The normalized spacial score (nSPS) is 15.2. The van der Waals surface area contributed by atoms with Crippen molar-refractivity contribution in [1.29, 1.82) is 0 Å². The molecule has 0 unspecified atom stereocenters. The van der Waals surface area contributed by atoms with Gasteiger partial charge in [-0.05, 0) is 30.9 Å². The molecule has 4 N–H and O–H groups in total. The molecular weight excluding hydrogens is 346 g/mol. The molecule has 1 aromatic carbocycles. The summed E-state index contributed by atoms with van der Waals surface area (Å²) in [5.41, 5.74) is 6.64. The van der Waals surface area contributed by atoms with E-state index in [2.05, 4.69) is 10.2 Å². The van der Waals surface area contributed by atoms with Crippen molar-refractivity contribution in [2.75, 3.05) is 23.7 Å².